The summed E-state index contributed by atoms with van der Waals surface area (Å²) in [5.41, 5.74) is 7.34. The molecule has 8 bridgehead atoms. The maximum Gasteiger partial charge on any atom is 0.328 e. The van der Waals surface area contributed by atoms with E-state index in [-0.39, 0.29) is 76.1 Å². The van der Waals surface area contributed by atoms with E-state index in [1.165, 1.54) is 21.6 Å². The van der Waals surface area contributed by atoms with Crippen molar-refractivity contribution in [1.29, 1.82) is 0 Å². The summed E-state index contributed by atoms with van der Waals surface area (Å²) < 4.78 is 49.0. The first-order valence-corrected chi connectivity index (χ1v) is 40.3. The van der Waals surface area contributed by atoms with Crippen molar-refractivity contribution in [2.45, 2.75) is 180 Å². The van der Waals surface area contributed by atoms with Crippen LogP contribution in [0.25, 0.3) is 21.5 Å². The number of likely N-dealkylation sites (N-methyl/N-ethyl adjacent to an activating group) is 2. The van der Waals surface area contributed by atoms with Gasteiger partial charge in [-0.25, -0.2) is 18.3 Å². The normalized spacial score (nSPS) is 21.3. The van der Waals surface area contributed by atoms with E-state index >= 15 is 28.8 Å². The molecular formula is C88H105F2N17O14. The molecule has 0 saturated carbocycles. The van der Waals surface area contributed by atoms with Crippen molar-refractivity contribution in [2.75, 3.05) is 40.9 Å². The fraction of sp³-hybridized carbons (Fsp3) is 0.409. The van der Waals surface area contributed by atoms with E-state index in [9.17, 15) is 33.1 Å². The van der Waals surface area contributed by atoms with Gasteiger partial charge in [0.2, 0.25) is 53.2 Å². The van der Waals surface area contributed by atoms with Crippen LogP contribution in [0, 0.1) is 22.5 Å². The fourth-order valence-corrected chi connectivity index (χ4v) is 15.3. The predicted octanol–water partition coefficient (Wildman–Crippen LogP) is 4.79. The van der Waals surface area contributed by atoms with Crippen molar-refractivity contribution >= 4 is 80.7 Å². The molecule has 7 aliphatic heterocycles. The summed E-state index contributed by atoms with van der Waals surface area (Å²) in [5, 5.41) is 50.0. The number of rotatable bonds is 16. The number of benzene rings is 7. The smallest absolute Gasteiger partial charge is 0.328 e. The molecule has 2 fully saturated rings. The number of methoxy groups -OCH3 is 1. The van der Waals surface area contributed by atoms with E-state index in [2.05, 4.69) is 69.1 Å². The molecule has 0 radical (unpaired) electrons. The third-order valence-electron chi connectivity index (χ3n) is 22.4. The standard InChI is InChI=1S/C88H105F2N17O14/c1-49(91-9)77(109)98-75(87(3,4)5)84(116)104-34-32-70-72(104)82(114)95-67(42-53-20-26-56-16-12-14-18-58(56)36-53)80(112)94-66(79(111)93-44-55-38-64(89)74(108)65(90)39-55)40-51-22-28-62(29-23-51)120-47-60-45-107(103-100-60)71-33-35-105(85(117)76(88(6,7)8)99-78(110)50(2)92-10)73(71)83(115)96-68(43-54-21-27-57-17-13-15-19-59(57)37-54)81(113)97-69(86(118)119-11)41-52-24-30-63(31-25-52)121-48-61-46-106(70)102-101-61/h12-31,36-39,45-46,49-50,66-73,75-76,91-92,100,103,108H,32-35,40-44,47-48H2,1-11H3,(H,93,111)(H,94,112)(H,95,114)(H,96,115)(H,97,113)(H,98,109)(H,99,110)/t49-,50-,66-,67-,68-,69-,70+,71?,72-,73-,75+,76+/m0/s1. The molecule has 9 amide bonds. The summed E-state index contributed by atoms with van der Waals surface area (Å²) in [6.45, 7) is 13.2. The lowest BCUT2D eigenvalue weighted by Crippen LogP contribution is -2.63. The summed E-state index contributed by atoms with van der Waals surface area (Å²) in [5.74, 6) is -10.00. The van der Waals surface area contributed by atoms with E-state index in [0.29, 0.717) is 39.4 Å². The van der Waals surface area contributed by atoms with Gasteiger partial charge in [-0.2, -0.15) is 0 Å². The van der Waals surface area contributed by atoms with Crippen LogP contribution in [0.15, 0.2) is 164 Å². The van der Waals surface area contributed by atoms with Gasteiger partial charge in [0.05, 0.1) is 43.2 Å². The van der Waals surface area contributed by atoms with Crippen LogP contribution in [0.2, 0.25) is 0 Å². The van der Waals surface area contributed by atoms with Gasteiger partial charge in [-0.15, -0.1) is 10.6 Å². The third kappa shape index (κ3) is 21.3. The minimum atomic E-state index is -1.51. The highest BCUT2D eigenvalue weighted by atomic mass is 19.1. The molecule has 0 aliphatic carbocycles. The number of likely N-dealkylation sites (tertiary alicyclic amines) is 2. The van der Waals surface area contributed by atoms with Crippen LogP contribution in [0.4, 0.5) is 8.78 Å². The zero-order valence-electron chi connectivity index (χ0n) is 69.4. The number of halogens is 2. The molecule has 7 aromatic carbocycles. The van der Waals surface area contributed by atoms with Crippen molar-refractivity contribution in [1.82, 2.24) is 88.6 Å². The summed E-state index contributed by atoms with van der Waals surface area (Å²) in [6, 6.07) is 27.1. The number of fused-ring (bicyclic) bond motifs is 2. The highest BCUT2D eigenvalue weighted by Gasteiger charge is 2.51. The molecule has 640 valence electrons. The zero-order valence-corrected chi connectivity index (χ0v) is 69.4. The lowest BCUT2D eigenvalue weighted by atomic mass is 9.85. The van der Waals surface area contributed by atoms with Crippen LogP contribution in [0.5, 0.6) is 17.2 Å². The second-order valence-electron chi connectivity index (χ2n) is 33.2. The Morgan fingerprint density at radius 3 is 1.53 bits per heavy atom. The molecule has 7 aliphatic rings. The second kappa shape index (κ2) is 38.2. The van der Waals surface area contributed by atoms with Gasteiger partial charge >= 0.3 is 5.97 Å². The summed E-state index contributed by atoms with van der Waals surface area (Å²) in [4.78, 5) is 152. The minimum absolute atomic E-state index is 0.0166. The number of phenolic OH excluding ortho intramolecular Hbond substituents is 1. The largest absolute Gasteiger partial charge is 0.503 e. The van der Waals surface area contributed by atoms with Crippen molar-refractivity contribution in [3.8, 4) is 17.2 Å². The van der Waals surface area contributed by atoms with Crippen LogP contribution >= 0.6 is 0 Å². The average molecular weight is 1660 g/mol. The van der Waals surface area contributed by atoms with Crippen molar-refractivity contribution < 1.29 is 76.0 Å². The van der Waals surface area contributed by atoms with Crippen LogP contribution in [-0.4, -0.2) is 201 Å². The molecule has 8 heterocycles. The van der Waals surface area contributed by atoms with Crippen LogP contribution < -0.4 is 68.3 Å². The molecule has 8 aromatic rings. The van der Waals surface area contributed by atoms with Crippen molar-refractivity contribution in [3.05, 3.63) is 209 Å². The van der Waals surface area contributed by atoms with E-state index in [1.54, 1.807) is 141 Å². The number of hydrazine groups is 2. The fourth-order valence-electron chi connectivity index (χ4n) is 15.3. The van der Waals surface area contributed by atoms with E-state index < -0.39 is 166 Å². The molecule has 15 rings (SSSR count). The SMILES string of the molecule is CN[C@@H](C)C(=O)N[C@H](C(=O)N1CCC2[C@H]1C(=O)N[C@@H](Cc1ccc3ccccc3c1)C(=O)N[C@H](C(=O)OC)Cc1ccc(cc1)OCc1cn(nn1)[C@@H]1CCN(C(=O)[C@@H](NC(=O)[C@H](C)NC)C(C)(C)C)[C@@H]1C(=O)N[C@@H](Cc1ccc3ccccc3c1)C(=O)N[C@H](C(=O)NCc1cc(F)c(O)c(F)c1)Cc1ccc(cc1)OCC1=CN2NN1)C(C)(C)C. The van der Waals surface area contributed by atoms with Gasteiger partial charge in [-0.3, -0.25) is 48.2 Å². The lowest BCUT2D eigenvalue weighted by Gasteiger charge is -2.38. The number of hydrogen-bond donors (Lipinski definition) is 12. The highest BCUT2D eigenvalue weighted by molar-refractivity contribution is 5.99. The first-order valence-electron chi connectivity index (χ1n) is 40.3. The summed E-state index contributed by atoms with van der Waals surface area (Å²) in [6.07, 6.45) is 2.95. The van der Waals surface area contributed by atoms with E-state index in [1.807, 2.05) is 78.9 Å². The average Bonchev–Trinajstić information content (AvgIpc) is 1.64. The third-order valence-corrected chi connectivity index (χ3v) is 22.4. The Kier molecular flexibility index (Phi) is 27.7. The quantitative estimate of drug-likeness (QED) is 0.0578. The predicted molar refractivity (Wildman–Crippen MR) is 444 cm³/mol. The number of aromatic hydroxyl groups is 1. The molecule has 12 atom stereocenters. The Bertz CT molecular complexity index is 5170. The number of nitrogens with one attached hydrogen (secondary N) is 11. The number of carbonyl (C=O) groups excluding carboxylic acids is 10. The minimum Gasteiger partial charge on any atom is -0.503 e. The number of amides is 9. The van der Waals surface area contributed by atoms with Gasteiger partial charge < -0.3 is 82.4 Å². The molecule has 1 aromatic heterocycles. The summed E-state index contributed by atoms with van der Waals surface area (Å²) >= 11 is 0. The summed E-state index contributed by atoms with van der Waals surface area (Å²) in [7, 11) is 4.40. The van der Waals surface area contributed by atoms with Gasteiger partial charge in [0, 0.05) is 51.5 Å². The Morgan fingerprint density at radius 1 is 0.579 bits per heavy atom. The monoisotopic (exact) mass is 1660 g/mol. The first kappa shape index (κ1) is 87.7. The molecule has 0 spiro atoms. The van der Waals surface area contributed by atoms with Crippen LogP contribution in [0.1, 0.15) is 108 Å². The van der Waals surface area contributed by atoms with Gasteiger partial charge in [0.25, 0.3) is 0 Å². The number of hydrogen-bond acceptors (Lipinski definition) is 21. The molecule has 2 saturated heterocycles. The number of esters is 1. The number of carbonyl (C=O) groups is 10. The number of phenols is 1. The number of ether oxygens (including phenoxy) is 3. The molecule has 31 nitrogen and oxygen atoms in total. The Hall–Kier alpha value is -12.6. The molecule has 12 N–H and O–H groups in total. The molecule has 121 heavy (non-hydrogen) atoms. The van der Waals surface area contributed by atoms with Crippen molar-refractivity contribution in [3.63, 3.8) is 0 Å². The first-order chi connectivity index (χ1) is 57.7. The van der Waals surface area contributed by atoms with Gasteiger partial charge in [-0.1, -0.05) is 156 Å². The number of aromatic nitrogens is 3. The molecule has 33 heteroatoms. The van der Waals surface area contributed by atoms with Crippen molar-refractivity contribution in [2.24, 2.45) is 10.8 Å². The van der Waals surface area contributed by atoms with Crippen LogP contribution in [-0.2, 0) is 91.5 Å². The maximum atomic E-state index is 15.9. The van der Waals surface area contributed by atoms with E-state index in [0.717, 1.165) is 33.7 Å². The van der Waals surface area contributed by atoms with Gasteiger partial charge in [0.15, 0.2) is 17.4 Å². The zero-order chi connectivity index (χ0) is 86.7. The maximum absolute atomic E-state index is 15.9. The van der Waals surface area contributed by atoms with Crippen LogP contribution in [0.3, 0.4) is 0 Å². The van der Waals surface area contributed by atoms with E-state index in [4.69, 9.17) is 14.2 Å². The lowest BCUT2D eigenvalue weighted by molar-refractivity contribution is -0.146. The Labute approximate surface area is 699 Å². The Balaban J connectivity index is 0.916. The van der Waals surface area contributed by atoms with Gasteiger partial charge in [-0.05, 0) is 137 Å². The topological polar surface area (TPSA) is 391 Å². The molecular weight excluding hydrogens is 1560 g/mol. The number of nitrogens with zero attached hydrogens (tertiary/aromatic N) is 6. The van der Waals surface area contributed by atoms with Gasteiger partial charge in [0.1, 0.15) is 78.7 Å². The Morgan fingerprint density at radius 2 is 1.04 bits per heavy atom. The molecule has 1 unspecified atom stereocenters. The highest BCUT2D eigenvalue weighted by Crippen LogP contribution is 2.35. The second-order valence-corrected chi connectivity index (χ2v) is 33.2.